The van der Waals surface area contributed by atoms with Crippen molar-refractivity contribution in [3.63, 3.8) is 0 Å². The van der Waals surface area contributed by atoms with Gasteiger partial charge in [0.1, 0.15) is 0 Å². The second kappa shape index (κ2) is 10.9. The summed E-state index contributed by atoms with van der Waals surface area (Å²) in [6.07, 6.45) is 8.26. The number of piperidine rings is 1. The van der Waals surface area contributed by atoms with Gasteiger partial charge in [0, 0.05) is 39.1 Å². The molecule has 22 heavy (non-hydrogen) atoms. The molecule has 0 spiro atoms. The van der Waals surface area contributed by atoms with Gasteiger partial charge in [0.05, 0.1) is 6.54 Å². The van der Waals surface area contributed by atoms with Crippen molar-refractivity contribution in [1.29, 1.82) is 0 Å². The number of nitrogens with zero attached hydrogens (tertiary/aromatic N) is 3. The second-order valence-corrected chi connectivity index (χ2v) is 5.71. The number of guanidine groups is 1. The number of aliphatic imine (C=N–C) groups is 1. The normalized spacial score (nSPS) is 16.2. The predicted molar refractivity (Wildman–Crippen MR) is 104 cm³/mol. The van der Waals surface area contributed by atoms with Gasteiger partial charge < -0.3 is 20.1 Å². The van der Waals surface area contributed by atoms with Crippen LogP contribution >= 0.6 is 24.0 Å². The van der Waals surface area contributed by atoms with Gasteiger partial charge in [-0.05, 0) is 44.5 Å². The maximum atomic E-state index is 4.64. The van der Waals surface area contributed by atoms with Gasteiger partial charge in [-0.1, -0.05) is 6.42 Å². The monoisotopic (exact) mass is 419 g/mol. The maximum Gasteiger partial charge on any atom is 0.191 e. The van der Waals surface area contributed by atoms with Crippen LogP contribution in [-0.2, 0) is 13.6 Å². The smallest absolute Gasteiger partial charge is 0.191 e. The minimum atomic E-state index is 0. The van der Waals surface area contributed by atoms with E-state index in [1.807, 2.05) is 7.05 Å². The molecule has 0 radical (unpaired) electrons. The lowest BCUT2D eigenvalue weighted by atomic mass is 10.1. The summed E-state index contributed by atoms with van der Waals surface area (Å²) < 4.78 is 2.06. The minimum Gasteiger partial charge on any atom is -0.357 e. The Morgan fingerprint density at radius 2 is 2.00 bits per heavy atom. The lowest BCUT2D eigenvalue weighted by molar-refractivity contribution is 0.232. The highest BCUT2D eigenvalue weighted by molar-refractivity contribution is 14.0. The van der Waals surface area contributed by atoms with E-state index in [9.17, 15) is 0 Å². The van der Waals surface area contributed by atoms with E-state index in [0.717, 1.165) is 32.1 Å². The lowest BCUT2D eigenvalue weighted by Gasteiger charge is -2.26. The lowest BCUT2D eigenvalue weighted by Crippen LogP contribution is -2.42. The van der Waals surface area contributed by atoms with E-state index in [1.165, 1.54) is 37.9 Å². The summed E-state index contributed by atoms with van der Waals surface area (Å²) in [5.74, 6) is 0.915. The van der Waals surface area contributed by atoms with E-state index in [1.54, 1.807) is 0 Å². The first kappa shape index (κ1) is 19.3. The highest BCUT2D eigenvalue weighted by Crippen LogP contribution is 2.07. The zero-order valence-electron chi connectivity index (χ0n) is 13.8. The third-order valence-corrected chi connectivity index (χ3v) is 3.83. The first-order valence-corrected chi connectivity index (χ1v) is 8.13. The van der Waals surface area contributed by atoms with Crippen LogP contribution in [0.25, 0.3) is 0 Å². The van der Waals surface area contributed by atoms with E-state index in [-0.39, 0.29) is 24.0 Å². The van der Waals surface area contributed by atoms with Gasteiger partial charge in [0.15, 0.2) is 5.96 Å². The van der Waals surface area contributed by atoms with Gasteiger partial charge in [0.2, 0.25) is 0 Å². The molecule has 1 aromatic rings. The Labute approximate surface area is 151 Å². The number of nitrogens with one attached hydrogen (secondary N) is 2. The average molecular weight is 419 g/mol. The van der Waals surface area contributed by atoms with Gasteiger partial charge in [-0.3, -0.25) is 0 Å². The molecule has 1 aromatic heterocycles. The zero-order chi connectivity index (χ0) is 14.9. The van der Waals surface area contributed by atoms with Crippen LogP contribution in [0.4, 0.5) is 0 Å². The van der Waals surface area contributed by atoms with Crippen molar-refractivity contribution >= 4 is 29.9 Å². The Morgan fingerprint density at radius 1 is 1.23 bits per heavy atom. The summed E-state index contributed by atoms with van der Waals surface area (Å²) in [4.78, 5) is 7.18. The van der Waals surface area contributed by atoms with Crippen LogP contribution in [0.2, 0.25) is 0 Å². The largest absolute Gasteiger partial charge is 0.357 e. The van der Waals surface area contributed by atoms with Crippen LogP contribution in [0.1, 0.15) is 31.7 Å². The van der Waals surface area contributed by atoms with Crippen LogP contribution in [-0.4, -0.2) is 48.2 Å². The fraction of sp³-hybridized carbons (Fsp3) is 0.688. The van der Waals surface area contributed by atoms with Crippen molar-refractivity contribution in [2.45, 2.75) is 32.7 Å². The zero-order valence-corrected chi connectivity index (χ0v) is 16.2. The van der Waals surface area contributed by atoms with E-state index in [2.05, 4.69) is 50.5 Å². The summed E-state index contributed by atoms with van der Waals surface area (Å²) in [6.45, 7) is 8.28. The maximum absolute atomic E-state index is 4.64. The molecule has 0 atom stereocenters. The minimum absolute atomic E-state index is 0. The number of hydrogen-bond acceptors (Lipinski definition) is 2. The fourth-order valence-corrected chi connectivity index (χ4v) is 2.68. The van der Waals surface area contributed by atoms with Crippen molar-refractivity contribution in [2.24, 2.45) is 12.0 Å². The molecular formula is C16H30IN5. The summed E-state index contributed by atoms with van der Waals surface area (Å²) in [5, 5.41) is 6.75. The molecule has 2 heterocycles. The average Bonchev–Trinajstić information content (AvgIpc) is 2.91. The molecule has 2 rings (SSSR count). The number of hydrogen-bond donors (Lipinski definition) is 2. The van der Waals surface area contributed by atoms with E-state index in [0.29, 0.717) is 0 Å². The molecule has 1 saturated heterocycles. The van der Waals surface area contributed by atoms with Crippen LogP contribution < -0.4 is 10.6 Å². The third-order valence-electron chi connectivity index (χ3n) is 3.83. The molecule has 126 valence electrons. The second-order valence-electron chi connectivity index (χ2n) is 5.71. The van der Waals surface area contributed by atoms with Crippen LogP contribution in [0, 0.1) is 0 Å². The summed E-state index contributed by atoms with van der Waals surface area (Å²) in [5.41, 5.74) is 1.24. The molecule has 6 heteroatoms. The van der Waals surface area contributed by atoms with Crippen LogP contribution in [0.3, 0.4) is 0 Å². The first-order valence-electron chi connectivity index (χ1n) is 8.13. The van der Waals surface area contributed by atoms with Crippen molar-refractivity contribution < 1.29 is 0 Å². The van der Waals surface area contributed by atoms with Crippen molar-refractivity contribution in [3.05, 3.63) is 24.0 Å². The van der Waals surface area contributed by atoms with E-state index < -0.39 is 0 Å². The van der Waals surface area contributed by atoms with Crippen LogP contribution in [0.15, 0.2) is 23.5 Å². The van der Waals surface area contributed by atoms with Gasteiger partial charge in [-0.15, -0.1) is 24.0 Å². The summed E-state index contributed by atoms with van der Waals surface area (Å²) in [6, 6.07) is 2.11. The molecule has 0 bridgehead atoms. The Hall–Kier alpha value is -0.760. The van der Waals surface area contributed by atoms with Gasteiger partial charge in [0.25, 0.3) is 0 Å². The van der Waals surface area contributed by atoms with E-state index >= 15 is 0 Å². The molecular weight excluding hydrogens is 389 g/mol. The van der Waals surface area contributed by atoms with Crippen molar-refractivity contribution in [1.82, 2.24) is 20.1 Å². The number of likely N-dealkylation sites (tertiary alicyclic amines) is 1. The van der Waals surface area contributed by atoms with Crippen LogP contribution in [0.5, 0.6) is 0 Å². The SMILES string of the molecule is CCNC(=NCc1ccn(C)c1)NCCN1CCCCC1.I. The highest BCUT2D eigenvalue weighted by Gasteiger charge is 2.09. The molecule has 0 saturated carbocycles. The Kier molecular flexibility index (Phi) is 9.54. The molecule has 0 amide bonds. The topological polar surface area (TPSA) is 44.6 Å². The number of rotatable bonds is 6. The third kappa shape index (κ3) is 7.00. The Morgan fingerprint density at radius 3 is 2.64 bits per heavy atom. The Balaban J connectivity index is 0.00000242. The van der Waals surface area contributed by atoms with Gasteiger partial charge in [-0.25, -0.2) is 4.99 Å². The highest BCUT2D eigenvalue weighted by atomic mass is 127. The molecule has 1 aliphatic rings. The number of aryl methyl sites for hydroxylation is 1. The summed E-state index contributed by atoms with van der Waals surface area (Å²) >= 11 is 0. The molecule has 0 aliphatic carbocycles. The molecule has 2 N–H and O–H groups in total. The molecule has 1 fully saturated rings. The first-order chi connectivity index (χ1) is 10.3. The standard InChI is InChI=1S/C16H29N5.HI/c1-3-17-16(19-13-15-7-11-20(2)14-15)18-8-12-21-9-5-4-6-10-21;/h7,11,14H,3-6,8-10,12-13H2,1-2H3,(H2,17,18,19);1H. The number of aromatic nitrogens is 1. The fourth-order valence-electron chi connectivity index (χ4n) is 2.68. The van der Waals surface area contributed by atoms with Crippen molar-refractivity contribution in [2.75, 3.05) is 32.7 Å². The molecule has 0 aromatic carbocycles. The van der Waals surface area contributed by atoms with Crippen molar-refractivity contribution in [3.8, 4) is 0 Å². The molecule has 5 nitrogen and oxygen atoms in total. The Bertz CT molecular complexity index is 437. The van der Waals surface area contributed by atoms with Gasteiger partial charge >= 0.3 is 0 Å². The summed E-state index contributed by atoms with van der Waals surface area (Å²) in [7, 11) is 2.04. The molecule has 1 aliphatic heterocycles. The van der Waals surface area contributed by atoms with Gasteiger partial charge in [-0.2, -0.15) is 0 Å². The van der Waals surface area contributed by atoms with E-state index in [4.69, 9.17) is 0 Å². The molecule has 0 unspecified atom stereocenters. The predicted octanol–water partition coefficient (Wildman–Crippen LogP) is 2.18. The number of halogens is 1. The quantitative estimate of drug-likeness (QED) is 0.422.